The fourth-order valence-electron chi connectivity index (χ4n) is 0.695. The second-order valence-corrected chi connectivity index (χ2v) is 2.63. The van der Waals surface area contributed by atoms with Gasteiger partial charge in [-0.15, -0.1) is 0 Å². The molecule has 12 heavy (non-hydrogen) atoms. The number of rotatable bonds is 4. The molecule has 0 bridgehead atoms. The number of carbonyl (C=O) groups excluding carboxylic acids is 1. The molecular formula is C10H16O2. The molecule has 0 aliphatic heterocycles. The molecule has 1 unspecified atom stereocenters. The third kappa shape index (κ3) is 3.96. The van der Waals surface area contributed by atoms with Crippen molar-refractivity contribution in [1.29, 1.82) is 0 Å². The van der Waals surface area contributed by atoms with Gasteiger partial charge in [0, 0.05) is 6.42 Å². The van der Waals surface area contributed by atoms with E-state index in [2.05, 4.69) is 6.58 Å². The van der Waals surface area contributed by atoms with Crippen LogP contribution in [0.1, 0.15) is 27.2 Å². The smallest absolute Gasteiger partial charge is 0.306 e. The van der Waals surface area contributed by atoms with Gasteiger partial charge in [-0.1, -0.05) is 25.7 Å². The second-order valence-electron chi connectivity index (χ2n) is 2.63. The SMILES string of the molecule is C=CC=C(C)C(C)OC(=O)CC. The van der Waals surface area contributed by atoms with E-state index >= 15 is 0 Å². The average molecular weight is 168 g/mol. The van der Waals surface area contributed by atoms with E-state index in [4.69, 9.17) is 4.74 Å². The number of hydrogen-bond donors (Lipinski definition) is 0. The summed E-state index contributed by atoms with van der Waals surface area (Å²) >= 11 is 0. The standard InChI is InChI=1S/C10H16O2/c1-5-7-8(3)9(4)12-10(11)6-2/h5,7,9H,1,6H2,2-4H3. The first-order valence-electron chi connectivity index (χ1n) is 4.10. The Morgan fingerprint density at radius 2 is 2.25 bits per heavy atom. The van der Waals surface area contributed by atoms with E-state index in [1.54, 1.807) is 13.0 Å². The van der Waals surface area contributed by atoms with Crippen LogP contribution in [0, 0.1) is 0 Å². The minimum Gasteiger partial charge on any atom is -0.458 e. The summed E-state index contributed by atoms with van der Waals surface area (Å²) in [6, 6.07) is 0. The molecule has 0 aromatic carbocycles. The van der Waals surface area contributed by atoms with Gasteiger partial charge in [0.1, 0.15) is 6.10 Å². The third-order valence-corrected chi connectivity index (χ3v) is 1.62. The lowest BCUT2D eigenvalue weighted by Crippen LogP contribution is -2.14. The van der Waals surface area contributed by atoms with E-state index in [0.29, 0.717) is 6.42 Å². The molecule has 2 nitrogen and oxygen atoms in total. The van der Waals surface area contributed by atoms with Gasteiger partial charge in [-0.05, 0) is 19.4 Å². The van der Waals surface area contributed by atoms with Crippen LogP contribution in [-0.4, -0.2) is 12.1 Å². The van der Waals surface area contributed by atoms with E-state index in [1.165, 1.54) is 0 Å². The van der Waals surface area contributed by atoms with Crippen molar-refractivity contribution in [3.05, 3.63) is 24.3 Å². The Bertz CT molecular complexity index is 192. The summed E-state index contributed by atoms with van der Waals surface area (Å²) in [6.07, 6.45) is 3.81. The molecule has 0 heterocycles. The molecule has 2 heteroatoms. The first kappa shape index (κ1) is 11.0. The Hall–Kier alpha value is -1.05. The molecule has 0 aliphatic carbocycles. The minimum absolute atomic E-state index is 0.143. The predicted molar refractivity (Wildman–Crippen MR) is 49.8 cm³/mol. The van der Waals surface area contributed by atoms with Gasteiger partial charge in [-0.25, -0.2) is 0 Å². The molecule has 0 rings (SSSR count). The van der Waals surface area contributed by atoms with Gasteiger partial charge in [0.05, 0.1) is 0 Å². The molecule has 0 aromatic rings. The van der Waals surface area contributed by atoms with Gasteiger partial charge in [0.15, 0.2) is 0 Å². The van der Waals surface area contributed by atoms with Crippen LogP contribution in [0.3, 0.4) is 0 Å². The third-order valence-electron chi connectivity index (χ3n) is 1.62. The zero-order valence-corrected chi connectivity index (χ0v) is 7.96. The Balaban J connectivity index is 4.03. The maximum atomic E-state index is 10.9. The van der Waals surface area contributed by atoms with Crippen LogP contribution < -0.4 is 0 Å². The van der Waals surface area contributed by atoms with Gasteiger partial charge in [-0.2, -0.15) is 0 Å². The van der Waals surface area contributed by atoms with Crippen LogP contribution in [0.25, 0.3) is 0 Å². The van der Waals surface area contributed by atoms with Crippen LogP contribution in [0.15, 0.2) is 24.3 Å². The van der Waals surface area contributed by atoms with Crippen LogP contribution in [0.4, 0.5) is 0 Å². The van der Waals surface area contributed by atoms with Crippen molar-refractivity contribution in [2.75, 3.05) is 0 Å². The largest absolute Gasteiger partial charge is 0.458 e. The van der Waals surface area contributed by atoms with Gasteiger partial charge < -0.3 is 4.74 Å². The van der Waals surface area contributed by atoms with Crippen molar-refractivity contribution >= 4 is 5.97 Å². The summed E-state index contributed by atoms with van der Waals surface area (Å²) in [5, 5.41) is 0. The van der Waals surface area contributed by atoms with E-state index < -0.39 is 0 Å². The molecule has 0 N–H and O–H groups in total. The van der Waals surface area contributed by atoms with Gasteiger partial charge in [-0.3, -0.25) is 4.79 Å². The number of esters is 1. The minimum atomic E-state index is -0.167. The molecule has 0 fully saturated rings. The predicted octanol–water partition coefficient (Wildman–Crippen LogP) is 2.46. The molecular weight excluding hydrogens is 152 g/mol. The average Bonchev–Trinajstić information content (AvgIpc) is 2.04. The van der Waals surface area contributed by atoms with Gasteiger partial charge in [0.2, 0.25) is 0 Å². The topological polar surface area (TPSA) is 26.3 Å². The van der Waals surface area contributed by atoms with Crippen LogP contribution >= 0.6 is 0 Å². The zero-order valence-electron chi connectivity index (χ0n) is 7.96. The Morgan fingerprint density at radius 1 is 1.67 bits per heavy atom. The van der Waals surface area contributed by atoms with E-state index in [0.717, 1.165) is 5.57 Å². The highest BCUT2D eigenvalue weighted by molar-refractivity contribution is 5.69. The number of hydrogen-bond acceptors (Lipinski definition) is 2. The molecule has 0 saturated carbocycles. The highest BCUT2D eigenvalue weighted by Crippen LogP contribution is 2.06. The van der Waals surface area contributed by atoms with Crippen LogP contribution in [-0.2, 0) is 9.53 Å². The fraction of sp³-hybridized carbons (Fsp3) is 0.500. The van der Waals surface area contributed by atoms with Crippen LogP contribution in [0.5, 0.6) is 0 Å². The summed E-state index contributed by atoms with van der Waals surface area (Å²) < 4.78 is 5.06. The zero-order chi connectivity index (χ0) is 9.56. The quantitative estimate of drug-likeness (QED) is 0.476. The molecule has 0 saturated heterocycles. The Labute approximate surface area is 73.9 Å². The van der Waals surface area contributed by atoms with E-state index in [9.17, 15) is 4.79 Å². The number of ether oxygens (including phenoxy) is 1. The van der Waals surface area contributed by atoms with E-state index in [1.807, 2.05) is 19.9 Å². The van der Waals surface area contributed by atoms with Crippen molar-refractivity contribution in [2.24, 2.45) is 0 Å². The molecule has 0 aromatic heterocycles. The normalized spacial score (nSPS) is 13.8. The van der Waals surface area contributed by atoms with E-state index in [-0.39, 0.29) is 12.1 Å². The van der Waals surface area contributed by atoms with Crippen molar-refractivity contribution in [1.82, 2.24) is 0 Å². The first-order valence-corrected chi connectivity index (χ1v) is 4.10. The fourth-order valence-corrected chi connectivity index (χ4v) is 0.695. The van der Waals surface area contributed by atoms with Crippen molar-refractivity contribution in [3.8, 4) is 0 Å². The molecule has 0 aliphatic rings. The monoisotopic (exact) mass is 168 g/mol. The van der Waals surface area contributed by atoms with Crippen molar-refractivity contribution in [2.45, 2.75) is 33.3 Å². The lowest BCUT2D eigenvalue weighted by atomic mass is 10.2. The highest BCUT2D eigenvalue weighted by Gasteiger charge is 2.07. The van der Waals surface area contributed by atoms with Crippen molar-refractivity contribution in [3.63, 3.8) is 0 Å². The molecule has 0 amide bonds. The second kappa shape index (κ2) is 5.58. The maximum absolute atomic E-state index is 10.9. The highest BCUT2D eigenvalue weighted by atomic mass is 16.5. The molecule has 0 radical (unpaired) electrons. The molecule has 0 spiro atoms. The summed E-state index contributed by atoms with van der Waals surface area (Å²) in [7, 11) is 0. The van der Waals surface area contributed by atoms with Gasteiger partial charge in [0.25, 0.3) is 0 Å². The summed E-state index contributed by atoms with van der Waals surface area (Å²) in [5.74, 6) is -0.167. The van der Waals surface area contributed by atoms with Crippen LogP contribution in [0.2, 0.25) is 0 Å². The lowest BCUT2D eigenvalue weighted by molar-refractivity contribution is -0.146. The van der Waals surface area contributed by atoms with Gasteiger partial charge >= 0.3 is 5.97 Å². The number of carbonyl (C=O) groups is 1. The van der Waals surface area contributed by atoms with Crippen molar-refractivity contribution < 1.29 is 9.53 Å². The lowest BCUT2D eigenvalue weighted by Gasteiger charge is -2.12. The first-order chi connectivity index (χ1) is 5.61. The molecule has 68 valence electrons. The summed E-state index contributed by atoms with van der Waals surface area (Å²) in [4.78, 5) is 10.9. The Kier molecular flexibility index (Phi) is 5.09. The molecule has 1 atom stereocenters. The summed E-state index contributed by atoms with van der Waals surface area (Å²) in [6.45, 7) is 9.11. The Morgan fingerprint density at radius 3 is 2.67 bits per heavy atom. The summed E-state index contributed by atoms with van der Waals surface area (Å²) in [5.41, 5.74) is 1.01. The maximum Gasteiger partial charge on any atom is 0.306 e. The number of allylic oxidation sites excluding steroid dienone is 2.